The van der Waals surface area contributed by atoms with Crippen molar-refractivity contribution >= 4 is 31.9 Å². The van der Waals surface area contributed by atoms with E-state index in [1.54, 1.807) is 12.1 Å². The highest BCUT2D eigenvalue weighted by atomic mass is 79.9. The largest absolute Gasteiger partial charge is 0.338 e. The molecule has 0 radical (unpaired) electrons. The molecule has 2 aliphatic heterocycles. The quantitative estimate of drug-likeness (QED) is 0.741. The van der Waals surface area contributed by atoms with Gasteiger partial charge in [0.1, 0.15) is 0 Å². The van der Waals surface area contributed by atoms with Crippen molar-refractivity contribution in [1.82, 2.24) is 9.21 Å². The maximum atomic E-state index is 13.0. The van der Waals surface area contributed by atoms with Crippen LogP contribution in [0.1, 0.15) is 43.5 Å². The second-order valence-electron chi connectivity index (χ2n) is 7.41. The van der Waals surface area contributed by atoms with Gasteiger partial charge in [0.05, 0.1) is 10.5 Å². The zero-order valence-electron chi connectivity index (χ0n) is 14.7. The Morgan fingerprint density at radius 2 is 1.72 bits per heavy atom. The van der Waals surface area contributed by atoms with E-state index in [0.717, 1.165) is 32.4 Å². The Balaban J connectivity index is 1.90. The minimum absolute atomic E-state index is 0.0938. The predicted molar refractivity (Wildman–Crippen MR) is 101 cm³/mol. The Bertz CT molecular complexity index is 750. The number of nitrogens with zero attached hydrogens (tertiary/aromatic N) is 2. The summed E-state index contributed by atoms with van der Waals surface area (Å²) in [5.41, 5.74) is 0.432. The minimum atomic E-state index is -3.52. The average Bonchev–Trinajstić information content (AvgIpc) is 3.09. The Kier molecular flexibility index (Phi) is 5.56. The van der Waals surface area contributed by atoms with Crippen molar-refractivity contribution in [3.8, 4) is 0 Å². The molecule has 25 heavy (non-hydrogen) atoms. The number of hydrogen-bond acceptors (Lipinski definition) is 3. The molecule has 2 aliphatic rings. The third-order valence-electron chi connectivity index (χ3n) is 5.03. The Hall–Kier alpha value is -0.920. The van der Waals surface area contributed by atoms with Gasteiger partial charge in [0.2, 0.25) is 10.0 Å². The summed E-state index contributed by atoms with van der Waals surface area (Å²) in [6, 6.07) is 4.78. The molecular weight excluding hydrogens is 404 g/mol. The van der Waals surface area contributed by atoms with Crippen LogP contribution in [-0.4, -0.2) is 49.7 Å². The zero-order chi connectivity index (χ0) is 18.2. The first kappa shape index (κ1) is 18.9. The number of carbonyl (C=O) groups is 1. The fourth-order valence-electron chi connectivity index (χ4n) is 3.91. The van der Waals surface area contributed by atoms with E-state index in [9.17, 15) is 13.2 Å². The molecular formula is C18H25BrN2O3S. The van der Waals surface area contributed by atoms with Crippen LogP contribution in [0, 0.1) is 11.8 Å². The van der Waals surface area contributed by atoms with E-state index in [2.05, 4.69) is 29.8 Å². The summed E-state index contributed by atoms with van der Waals surface area (Å²) in [5.74, 6) is 0.828. The Morgan fingerprint density at radius 3 is 2.32 bits per heavy atom. The summed E-state index contributed by atoms with van der Waals surface area (Å²) >= 11 is 3.42. The molecule has 1 amide bonds. The first-order valence-corrected chi connectivity index (χ1v) is 11.1. The average molecular weight is 429 g/mol. The molecule has 5 nitrogen and oxygen atoms in total. The second kappa shape index (κ2) is 7.37. The summed E-state index contributed by atoms with van der Waals surface area (Å²) in [4.78, 5) is 15.1. The van der Waals surface area contributed by atoms with Gasteiger partial charge < -0.3 is 4.90 Å². The van der Waals surface area contributed by atoms with Gasteiger partial charge in [-0.05, 0) is 65.2 Å². The van der Waals surface area contributed by atoms with Gasteiger partial charge in [-0.15, -0.1) is 0 Å². The summed E-state index contributed by atoms with van der Waals surface area (Å²) in [6.45, 7) is 6.86. The summed E-state index contributed by atoms with van der Waals surface area (Å²) < 4.78 is 27.7. The van der Waals surface area contributed by atoms with Gasteiger partial charge in [-0.3, -0.25) is 4.79 Å². The zero-order valence-corrected chi connectivity index (χ0v) is 17.1. The first-order valence-electron chi connectivity index (χ1n) is 8.88. The molecule has 2 fully saturated rings. The van der Waals surface area contributed by atoms with Crippen molar-refractivity contribution in [2.75, 3.05) is 26.2 Å². The molecule has 0 bridgehead atoms. The molecule has 2 saturated heterocycles. The van der Waals surface area contributed by atoms with E-state index in [1.807, 2.05) is 4.90 Å². The van der Waals surface area contributed by atoms with Crippen molar-refractivity contribution in [3.63, 3.8) is 0 Å². The van der Waals surface area contributed by atoms with Crippen molar-refractivity contribution in [2.45, 2.75) is 38.0 Å². The molecule has 1 aromatic carbocycles. The third kappa shape index (κ3) is 3.93. The van der Waals surface area contributed by atoms with E-state index < -0.39 is 10.0 Å². The van der Waals surface area contributed by atoms with Crippen LogP contribution >= 0.6 is 15.9 Å². The lowest BCUT2D eigenvalue weighted by molar-refractivity contribution is 0.0622. The fraction of sp³-hybridized carbons (Fsp3) is 0.611. The molecule has 1 aromatic rings. The van der Waals surface area contributed by atoms with E-state index in [0.29, 0.717) is 35.0 Å². The van der Waals surface area contributed by atoms with Gasteiger partial charge in [-0.25, -0.2) is 8.42 Å². The standard InChI is InChI=1S/C18H25BrN2O3S/c1-13-9-14(2)12-20(11-13)18(22)16-10-15(5-6-17(16)19)25(23,24)21-7-3-4-8-21/h5-6,10,13-14H,3-4,7-9,11-12H2,1-2H3. The molecule has 2 atom stereocenters. The summed E-state index contributed by atoms with van der Waals surface area (Å²) in [7, 11) is -3.52. The van der Waals surface area contributed by atoms with Crippen LogP contribution in [0.2, 0.25) is 0 Å². The number of likely N-dealkylation sites (tertiary alicyclic amines) is 1. The van der Waals surface area contributed by atoms with Crippen LogP contribution in [0.25, 0.3) is 0 Å². The van der Waals surface area contributed by atoms with Gasteiger partial charge >= 0.3 is 0 Å². The number of sulfonamides is 1. The molecule has 138 valence electrons. The number of piperidine rings is 1. The lowest BCUT2D eigenvalue weighted by Crippen LogP contribution is -2.42. The number of rotatable bonds is 3. The second-order valence-corrected chi connectivity index (χ2v) is 10.2. The van der Waals surface area contributed by atoms with Gasteiger partial charge in [-0.1, -0.05) is 13.8 Å². The highest BCUT2D eigenvalue weighted by Gasteiger charge is 2.30. The smallest absolute Gasteiger partial charge is 0.255 e. The molecule has 2 unspecified atom stereocenters. The Labute approximate surface area is 158 Å². The van der Waals surface area contributed by atoms with Crippen LogP contribution in [0.3, 0.4) is 0 Å². The molecule has 2 heterocycles. The van der Waals surface area contributed by atoms with E-state index in [1.165, 1.54) is 10.4 Å². The van der Waals surface area contributed by atoms with Crippen LogP contribution in [-0.2, 0) is 10.0 Å². The molecule has 0 spiro atoms. The normalized spacial score (nSPS) is 25.3. The minimum Gasteiger partial charge on any atom is -0.338 e. The molecule has 0 saturated carbocycles. The number of benzene rings is 1. The SMILES string of the molecule is CC1CC(C)CN(C(=O)c2cc(S(=O)(=O)N3CCCC3)ccc2Br)C1. The van der Waals surface area contributed by atoms with Crippen LogP contribution in [0.5, 0.6) is 0 Å². The van der Waals surface area contributed by atoms with Gasteiger partial charge in [-0.2, -0.15) is 4.31 Å². The summed E-state index contributed by atoms with van der Waals surface area (Å²) in [5, 5.41) is 0. The molecule has 0 aromatic heterocycles. The fourth-order valence-corrected chi connectivity index (χ4v) is 5.87. The van der Waals surface area contributed by atoms with Gasteiger partial charge in [0.15, 0.2) is 0 Å². The maximum absolute atomic E-state index is 13.0. The van der Waals surface area contributed by atoms with Crippen molar-refractivity contribution in [3.05, 3.63) is 28.2 Å². The van der Waals surface area contributed by atoms with Crippen molar-refractivity contribution in [1.29, 1.82) is 0 Å². The lowest BCUT2D eigenvalue weighted by atomic mass is 9.91. The highest BCUT2D eigenvalue weighted by Crippen LogP contribution is 2.28. The summed E-state index contributed by atoms with van der Waals surface area (Å²) in [6.07, 6.45) is 2.91. The predicted octanol–water partition coefficient (Wildman–Crippen LogP) is 3.35. The molecule has 7 heteroatoms. The van der Waals surface area contributed by atoms with E-state index in [4.69, 9.17) is 0 Å². The third-order valence-corrected chi connectivity index (χ3v) is 7.61. The van der Waals surface area contributed by atoms with Gasteiger partial charge in [0.25, 0.3) is 5.91 Å². The van der Waals surface area contributed by atoms with Gasteiger partial charge in [0, 0.05) is 30.7 Å². The molecule has 0 aliphatic carbocycles. The first-order chi connectivity index (χ1) is 11.8. The molecule has 0 N–H and O–H groups in total. The van der Waals surface area contributed by atoms with E-state index >= 15 is 0 Å². The van der Waals surface area contributed by atoms with Crippen molar-refractivity contribution in [2.24, 2.45) is 11.8 Å². The molecule has 3 rings (SSSR count). The number of carbonyl (C=O) groups excluding carboxylic acids is 1. The number of halogens is 1. The highest BCUT2D eigenvalue weighted by molar-refractivity contribution is 9.10. The topological polar surface area (TPSA) is 57.7 Å². The maximum Gasteiger partial charge on any atom is 0.255 e. The number of amides is 1. The number of hydrogen-bond donors (Lipinski definition) is 0. The van der Waals surface area contributed by atoms with Crippen LogP contribution in [0.4, 0.5) is 0 Å². The van der Waals surface area contributed by atoms with E-state index in [-0.39, 0.29) is 10.8 Å². The van der Waals surface area contributed by atoms with Crippen molar-refractivity contribution < 1.29 is 13.2 Å². The van der Waals surface area contributed by atoms with Crippen LogP contribution < -0.4 is 0 Å². The monoisotopic (exact) mass is 428 g/mol. The lowest BCUT2D eigenvalue weighted by Gasteiger charge is -2.35. The Morgan fingerprint density at radius 1 is 1.12 bits per heavy atom. The van der Waals surface area contributed by atoms with Crippen LogP contribution in [0.15, 0.2) is 27.6 Å².